The molecule has 1 aromatic rings. The summed E-state index contributed by atoms with van der Waals surface area (Å²) in [5.74, 6) is -3.25. The van der Waals surface area contributed by atoms with Crippen LogP contribution in [0.25, 0.3) is 0 Å². The molecule has 1 rings (SSSR count). The molecule has 0 unspecified atom stereocenters. The minimum Gasteiger partial charge on any atom is -0.478 e. The number of methoxy groups -OCH3 is 1. The number of ether oxygens (including phenoxy) is 1. The molecule has 0 saturated heterocycles. The van der Waals surface area contributed by atoms with E-state index in [0.29, 0.717) is 6.61 Å². The number of anilines is 1. The van der Waals surface area contributed by atoms with E-state index in [2.05, 4.69) is 5.32 Å². The zero-order valence-corrected chi connectivity index (χ0v) is 8.59. The molecule has 0 bridgehead atoms. The molecule has 0 spiro atoms. The van der Waals surface area contributed by atoms with Gasteiger partial charge in [0.1, 0.15) is 17.3 Å². The quantitative estimate of drug-likeness (QED) is 0.757. The molecule has 0 aliphatic carbocycles. The fraction of sp³-hybridized carbons (Fsp3) is 0.300. The van der Waals surface area contributed by atoms with E-state index in [9.17, 15) is 13.6 Å². The predicted octanol–water partition coefficient (Wildman–Crippen LogP) is 1.72. The van der Waals surface area contributed by atoms with Gasteiger partial charge in [0, 0.05) is 13.7 Å². The SMILES string of the molecule is COCCNc1c(F)cc(C(=O)O)cc1F. The van der Waals surface area contributed by atoms with Crippen molar-refractivity contribution in [2.75, 3.05) is 25.6 Å². The Labute approximate surface area is 90.8 Å². The van der Waals surface area contributed by atoms with Crippen LogP contribution in [0.1, 0.15) is 10.4 Å². The molecule has 6 heteroatoms. The number of carbonyl (C=O) groups is 1. The lowest BCUT2D eigenvalue weighted by atomic mass is 10.2. The molecular weight excluding hydrogens is 220 g/mol. The van der Waals surface area contributed by atoms with E-state index in [1.165, 1.54) is 7.11 Å². The Morgan fingerprint density at radius 2 is 2.00 bits per heavy atom. The first-order valence-corrected chi connectivity index (χ1v) is 4.51. The van der Waals surface area contributed by atoms with Crippen molar-refractivity contribution in [3.63, 3.8) is 0 Å². The minimum absolute atomic E-state index is 0.233. The maximum Gasteiger partial charge on any atom is 0.335 e. The summed E-state index contributed by atoms with van der Waals surface area (Å²) in [4.78, 5) is 10.5. The fourth-order valence-corrected chi connectivity index (χ4v) is 1.14. The van der Waals surface area contributed by atoms with Crippen molar-refractivity contribution < 1.29 is 23.4 Å². The Bertz CT molecular complexity index is 373. The predicted molar refractivity (Wildman–Crippen MR) is 53.7 cm³/mol. The van der Waals surface area contributed by atoms with Gasteiger partial charge >= 0.3 is 5.97 Å². The van der Waals surface area contributed by atoms with E-state index >= 15 is 0 Å². The molecule has 4 nitrogen and oxygen atoms in total. The zero-order chi connectivity index (χ0) is 12.1. The second kappa shape index (κ2) is 5.41. The van der Waals surface area contributed by atoms with Crippen molar-refractivity contribution in [2.45, 2.75) is 0 Å². The van der Waals surface area contributed by atoms with Gasteiger partial charge in [0.2, 0.25) is 0 Å². The van der Waals surface area contributed by atoms with Crippen LogP contribution < -0.4 is 5.32 Å². The third kappa shape index (κ3) is 2.90. The summed E-state index contributed by atoms with van der Waals surface area (Å²) in [5, 5.41) is 11.0. The summed E-state index contributed by atoms with van der Waals surface area (Å²) >= 11 is 0. The van der Waals surface area contributed by atoms with E-state index in [-0.39, 0.29) is 12.2 Å². The summed E-state index contributed by atoms with van der Waals surface area (Å²) in [6.45, 7) is 0.524. The van der Waals surface area contributed by atoms with Crippen LogP contribution in [0.15, 0.2) is 12.1 Å². The van der Waals surface area contributed by atoms with Crippen LogP contribution in [0, 0.1) is 11.6 Å². The smallest absolute Gasteiger partial charge is 0.335 e. The van der Waals surface area contributed by atoms with Gasteiger partial charge in [-0.2, -0.15) is 0 Å². The lowest BCUT2D eigenvalue weighted by Crippen LogP contribution is -2.11. The molecule has 0 heterocycles. The Balaban J connectivity index is 2.89. The minimum atomic E-state index is -1.37. The number of hydrogen-bond donors (Lipinski definition) is 2. The lowest BCUT2D eigenvalue weighted by molar-refractivity contribution is 0.0696. The molecule has 0 fully saturated rings. The number of aromatic carboxylic acids is 1. The fourth-order valence-electron chi connectivity index (χ4n) is 1.14. The molecular formula is C10H11F2NO3. The van der Waals surface area contributed by atoms with Gasteiger partial charge in [0.05, 0.1) is 12.2 Å². The van der Waals surface area contributed by atoms with E-state index in [1.54, 1.807) is 0 Å². The van der Waals surface area contributed by atoms with Gasteiger partial charge in [-0.05, 0) is 12.1 Å². The average molecular weight is 231 g/mol. The van der Waals surface area contributed by atoms with Crippen molar-refractivity contribution in [3.8, 4) is 0 Å². The molecule has 0 aliphatic heterocycles. The highest BCUT2D eigenvalue weighted by atomic mass is 19.1. The number of carboxylic acids is 1. The largest absolute Gasteiger partial charge is 0.478 e. The Morgan fingerprint density at radius 1 is 1.44 bits per heavy atom. The highest BCUT2D eigenvalue weighted by Crippen LogP contribution is 2.20. The summed E-state index contributed by atoms with van der Waals surface area (Å²) in [5.41, 5.74) is -0.769. The van der Waals surface area contributed by atoms with Gasteiger partial charge in [-0.15, -0.1) is 0 Å². The molecule has 0 aromatic heterocycles. The van der Waals surface area contributed by atoms with Crippen molar-refractivity contribution in [3.05, 3.63) is 29.3 Å². The first-order chi connectivity index (χ1) is 7.56. The van der Waals surface area contributed by atoms with Crippen LogP contribution in [0.3, 0.4) is 0 Å². The van der Waals surface area contributed by atoms with Crippen molar-refractivity contribution in [1.82, 2.24) is 0 Å². The van der Waals surface area contributed by atoms with E-state index in [4.69, 9.17) is 9.84 Å². The first-order valence-electron chi connectivity index (χ1n) is 4.51. The monoisotopic (exact) mass is 231 g/mol. The van der Waals surface area contributed by atoms with Crippen molar-refractivity contribution >= 4 is 11.7 Å². The highest BCUT2D eigenvalue weighted by molar-refractivity contribution is 5.88. The van der Waals surface area contributed by atoms with E-state index < -0.39 is 23.2 Å². The number of nitrogens with one attached hydrogen (secondary N) is 1. The molecule has 88 valence electrons. The molecule has 0 aliphatic rings. The molecule has 0 amide bonds. The maximum atomic E-state index is 13.3. The lowest BCUT2D eigenvalue weighted by Gasteiger charge is -2.08. The standard InChI is InChI=1S/C10H11F2NO3/c1-16-3-2-13-9-7(11)4-6(10(14)15)5-8(9)12/h4-5,13H,2-3H2,1H3,(H,14,15). The summed E-state index contributed by atoms with van der Waals surface area (Å²) < 4.78 is 31.3. The van der Waals surface area contributed by atoms with Crippen LogP contribution >= 0.6 is 0 Å². The third-order valence-electron chi connectivity index (χ3n) is 1.90. The van der Waals surface area contributed by atoms with Gasteiger partial charge in [-0.25, -0.2) is 13.6 Å². The number of rotatable bonds is 5. The second-order valence-electron chi connectivity index (χ2n) is 3.04. The molecule has 16 heavy (non-hydrogen) atoms. The molecule has 0 saturated carbocycles. The van der Waals surface area contributed by atoms with E-state index in [1.807, 2.05) is 0 Å². The number of benzene rings is 1. The molecule has 2 N–H and O–H groups in total. The van der Waals surface area contributed by atoms with Gasteiger partial charge in [0.25, 0.3) is 0 Å². The topological polar surface area (TPSA) is 58.6 Å². The van der Waals surface area contributed by atoms with Crippen LogP contribution in [-0.4, -0.2) is 31.3 Å². The highest BCUT2D eigenvalue weighted by Gasteiger charge is 2.13. The molecule has 0 radical (unpaired) electrons. The third-order valence-corrected chi connectivity index (χ3v) is 1.90. The van der Waals surface area contributed by atoms with Gasteiger partial charge in [-0.1, -0.05) is 0 Å². The van der Waals surface area contributed by atoms with Crippen LogP contribution in [-0.2, 0) is 4.74 Å². The van der Waals surface area contributed by atoms with Crippen LogP contribution in [0.5, 0.6) is 0 Å². The summed E-state index contributed by atoms with van der Waals surface area (Å²) in [6.07, 6.45) is 0. The normalized spacial score (nSPS) is 10.2. The number of carboxylic acid groups (broad SMARTS) is 1. The number of hydrogen-bond acceptors (Lipinski definition) is 3. The number of halogens is 2. The first kappa shape index (κ1) is 12.4. The molecule has 1 aromatic carbocycles. The van der Waals surface area contributed by atoms with Crippen LogP contribution in [0.2, 0.25) is 0 Å². The molecule has 0 atom stereocenters. The van der Waals surface area contributed by atoms with E-state index in [0.717, 1.165) is 12.1 Å². The Morgan fingerprint density at radius 3 is 2.44 bits per heavy atom. The zero-order valence-electron chi connectivity index (χ0n) is 8.59. The second-order valence-corrected chi connectivity index (χ2v) is 3.04. The van der Waals surface area contributed by atoms with Gasteiger partial charge in [-0.3, -0.25) is 0 Å². The summed E-state index contributed by atoms with van der Waals surface area (Å²) in [7, 11) is 1.46. The van der Waals surface area contributed by atoms with Crippen molar-refractivity contribution in [2.24, 2.45) is 0 Å². The Hall–Kier alpha value is -1.69. The van der Waals surface area contributed by atoms with Gasteiger partial charge < -0.3 is 15.2 Å². The summed E-state index contributed by atoms with van der Waals surface area (Å²) in [6, 6.07) is 1.53. The average Bonchev–Trinajstić information content (AvgIpc) is 2.21. The Kier molecular flexibility index (Phi) is 4.19. The van der Waals surface area contributed by atoms with Gasteiger partial charge in [0.15, 0.2) is 0 Å². The van der Waals surface area contributed by atoms with Crippen molar-refractivity contribution in [1.29, 1.82) is 0 Å². The van der Waals surface area contributed by atoms with Crippen LogP contribution in [0.4, 0.5) is 14.5 Å². The maximum absolute atomic E-state index is 13.3.